The quantitative estimate of drug-likeness (QED) is 0.640. The maximum absolute atomic E-state index is 5.81. The monoisotopic (exact) mass is 284 g/mol. The Hall–Kier alpha value is -0.420. The Bertz CT molecular complexity index is 317. The summed E-state index contributed by atoms with van der Waals surface area (Å²) in [4.78, 5) is 0. The first-order valence-corrected chi connectivity index (χ1v) is 7.34. The van der Waals surface area contributed by atoms with Gasteiger partial charge >= 0.3 is 0 Å². The zero-order chi connectivity index (χ0) is 15.0. The largest absolute Gasteiger partial charge is 0.348 e. The van der Waals surface area contributed by atoms with Crippen molar-refractivity contribution in [1.82, 2.24) is 0 Å². The predicted molar refractivity (Wildman–Crippen MR) is 77.3 cm³/mol. The molecular weight excluding hydrogens is 256 g/mol. The summed E-state index contributed by atoms with van der Waals surface area (Å²) >= 11 is 0. The van der Waals surface area contributed by atoms with Gasteiger partial charge in [-0.1, -0.05) is 41.5 Å². The summed E-state index contributed by atoms with van der Waals surface area (Å²) in [6, 6.07) is 0. The van der Waals surface area contributed by atoms with E-state index in [1.54, 1.807) is 0 Å². The van der Waals surface area contributed by atoms with Crippen LogP contribution in [-0.4, -0.2) is 39.0 Å². The zero-order valence-electron chi connectivity index (χ0n) is 13.6. The van der Waals surface area contributed by atoms with Gasteiger partial charge in [-0.2, -0.15) is 0 Å². The lowest BCUT2D eigenvalue weighted by atomic mass is 9.94. The van der Waals surface area contributed by atoms with Crippen molar-refractivity contribution in [3.05, 3.63) is 11.1 Å². The number of ether oxygens (including phenoxy) is 4. The molecule has 0 N–H and O–H groups in total. The molecule has 2 rings (SSSR count). The van der Waals surface area contributed by atoms with Gasteiger partial charge in [-0.05, 0) is 11.1 Å². The van der Waals surface area contributed by atoms with E-state index in [1.165, 1.54) is 0 Å². The Kier molecular flexibility index (Phi) is 4.59. The van der Waals surface area contributed by atoms with Gasteiger partial charge < -0.3 is 18.9 Å². The van der Waals surface area contributed by atoms with Crippen LogP contribution in [0.15, 0.2) is 11.1 Å². The SMILES string of the molecule is CC(C)(C)C1OCC(=C2COC(C(C)(C)C)OC2)CO1. The molecule has 0 aromatic heterocycles. The highest BCUT2D eigenvalue weighted by atomic mass is 16.7. The van der Waals surface area contributed by atoms with E-state index in [4.69, 9.17) is 18.9 Å². The molecule has 2 aliphatic rings. The molecule has 4 nitrogen and oxygen atoms in total. The summed E-state index contributed by atoms with van der Waals surface area (Å²) in [5.74, 6) is 0. The smallest absolute Gasteiger partial charge is 0.163 e. The molecule has 4 heteroatoms. The van der Waals surface area contributed by atoms with Crippen molar-refractivity contribution in [3.8, 4) is 0 Å². The number of hydrogen-bond donors (Lipinski definition) is 0. The van der Waals surface area contributed by atoms with Crippen LogP contribution in [0.4, 0.5) is 0 Å². The molecule has 0 bridgehead atoms. The minimum Gasteiger partial charge on any atom is -0.348 e. The van der Waals surface area contributed by atoms with E-state index in [1.807, 2.05) is 0 Å². The van der Waals surface area contributed by atoms with Crippen molar-refractivity contribution in [1.29, 1.82) is 0 Å². The van der Waals surface area contributed by atoms with Crippen molar-refractivity contribution in [3.63, 3.8) is 0 Å². The van der Waals surface area contributed by atoms with Crippen molar-refractivity contribution in [2.24, 2.45) is 10.8 Å². The van der Waals surface area contributed by atoms with Gasteiger partial charge in [0.05, 0.1) is 26.4 Å². The first kappa shape index (κ1) is 16.0. The minimum absolute atomic E-state index is 0.00704. The van der Waals surface area contributed by atoms with Gasteiger partial charge in [0.1, 0.15) is 0 Å². The van der Waals surface area contributed by atoms with E-state index in [-0.39, 0.29) is 23.4 Å². The van der Waals surface area contributed by atoms with Crippen LogP contribution in [0.1, 0.15) is 41.5 Å². The molecule has 2 fully saturated rings. The normalized spacial score (nSPS) is 29.7. The van der Waals surface area contributed by atoms with Crippen molar-refractivity contribution < 1.29 is 18.9 Å². The Morgan fingerprint density at radius 1 is 0.600 bits per heavy atom. The van der Waals surface area contributed by atoms with Crippen LogP contribution in [0.2, 0.25) is 0 Å². The third-order valence-corrected chi connectivity index (χ3v) is 3.55. The third-order valence-electron chi connectivity index (χ3n) is 3.55. The van der Waals surface area contributed by atoms with Crippen LogP contribution in [-0.2, 0) is 18.9 Å². The minimum atomic E-state index is -0.139. The van der Waals surface area contributed by atoms with E-state index in [9.17, 15) is 0 Å². The van der Waals surface area contributed by atoms with E-state index in [2.05, 4.69) is 41.5 Å². The number of hydrogen-bond acceptors (Lipinski definition) is 4. The predicted octanol–water partition coefficient (Wildman–Crippen LogP) is 3.12. The van der Waals surface area contributed by atoms with Crippen molar-refractivity contribution in [2.75, 3.05) is 26.4 Å². The van der Waals surface area contributed by atoms with Crippen LogP contribution in [0.5, 0.6) is 0 Å². The average Bonchev–Trinajstić information content (AvgIpc) is 2.37. The molecular formula is C16H28O4. The summed E-state index contributed by atoms with van der Waals surface area (Å²) in [6.07, 6.45) is -0.279. The van der Waals surface area contributed by atoms with Gasteiger partial charge in [-0.3, -0.25) is 0 Å². The molecule has 0 aromatic rings. The topological polar surface area (TPSA) is 36.9 Å². The summed E-state index contributed by atoms with van der Waals surface area (Å²) in [5.41, 5.74) is 2.34. The van der Waals surface area contributed by atoms with E-state index >= 15 is 0 Å². The highest BCUT2D eigenvalue weighted by Crippen LogP contribution is 2.31. The molecule has 0 spiro atoms. The summed E-state index contributed by atoms with van der Waals surface area (Å²) < 4.78 is 23.2. The van der Waals surface area contributed by atoms with E-state index in [0.717, 1.165) is 11.1 Å². The van der Waals surface area contributed by atoms with Gasteiger partial charge in [-0.25, -0.2) is 0 Å². The molecule has 0 atom stereocenters. The van der Waals surface area contributed by atoms with Gasteiger partial charge in [0, 0.05) is 10.8 Å². The van der Waals surface area contributed by atoms with Crippen LogP contribution < -0.4 is 0 Å². The summed E-state index contributed by atoms with van der Waals surface area (Å²) in [5, 5.41) is 0. The highest BCUT2D eigenvalue weighted by molar-refractivity contribution is 5.18. The molecule has 0 radical (unpaired) electrons. The lowest BCUT2D eigenvalue weighted by molar-refractivity contribution is -0.216. The van der Waals surface area contributed by atoms with Crippen LogP contribution in [0.3, 0.4) is 0 Å². The standard InChI is InChI=1S/C16H28O4/c1-15(2,3)13-17-7-11(8-18-13)12-9-19-14(20-10-12)16(4,5)6/h13-14H,7-10H2,1-6H3. The molecule has 2 heterocycles. The molecule has 0 unspecified atom stereocenters. The van der Waals surface area contributed by atoms with Crippen LogP contribution in [0, 0.1) is 10.8 Å². The third kappa shape index (κ3) is 3.82. The summed E-state index contributed by atoms with van der Waals surface area (Å²) in [6.45, 7) is 15.2. The van der Waals surface area contributed by atoms with Gasteiger partial charge in [0.25, 0.3) is 0 Å². The molecule has 0 saturated carbocycles. The molecule has 0 amide bonds. The zero-order valence-corrected chi connectivity index (χ0v) is 13.6. The lowest BCUT2D eigenvalue weighted by Crippen LogP contribution is -2.40. The average molecular weight is 284 g/mol. The Labute approximate surface area is 122 Å². The van der Waals surface area contributed by atoms with E-state index < -0.39 is 0 Å². The maximum Gasteiger partial charge on any atom is 0.163 e. The lowest BCUT2D eigenvalue weighted by Gasteiger charge is -2.38. The molecule has 2 saturated heterocycles. The highest BCUT2D eigenvalue weighted by Gasteiger charge is 2.33. The fourth-order valence-corrected chi connectivity index (χ4v) is 2.29. The fraction of sp³-hybridized carbons (Fsp3) is 0.875. The Morgan fingerprint density at radius 2 is 0.850 bits per heavy atom. The van der Waals surface area contributed by atoms with E-state index in [0.29, 0.717) is 26.4 Å². The van der Waals surface area contributed by atoms with Gasteiger partial charge in [-0.15, -0.1) is 0 Å². The second-order valence-electron chi connectivity index (χ2n) is 7.85. The maximum atomic E-state index is 5.81. The van der Waals surface area contributed by atoms with Crippen molar-refractivity contribution >= 4 is 0 Å². The fourth-order valence-electron chi connectivity index (χ4n) is 2.29. The second kappa shape index (κ2) is 5.76. The van der Waals surface area contributed by atoms with Crippen LogP contribution >= 0.6 is 0 Å². The number of rotatable bonds is 0. The summed E-state index contributed by atoms with van der Waals surface area (Å²) in [7, 11) is 0. The Morgan fingerprint density at radius 3 is 1.05 bits per heavy atom. The first-order chi connectivity index (χ1) is 9.18. The molecule has 116 valence electrons. The molecule has 2 aliphatic heterocycles. The molecule has 20 heavy (non-hydrogen) atoms. The Balaban J connectivity index is 1.91. The van der Waals surface area contributed by atoms with Gasteiger partial charge in [0.2, 0.25) is 0 Å². The molecule has 0 aromatic carbocycles. The first-order valence-electron chi connectivity index (χ1n) is 7.34. The molecule has 0 aliphatic carbocycles. The second-order valence-corrected chi connectivity index (χ2v) is 7.85. The van der Waals surface area contributed by atoms with Crippen molar-refractivity contribution in [2.45, 2.75) is 54.1 Å². The van der Waals surface area contributed by atoms with Crippen LogP contribution in [0.25, 0.3) is 0 Å². The van der Waals surface area contributed by atoms with Gasteiger partial charge in [0.15, 0.2) is 12.6 Å².